The zero-order valence-corrected chi connectivity index (χ0v) is 10.7. The van der Waals surface area contributed by atoms with E-state index in [1.165, 1.54) is 18.2 Å². The lowest BCUT2D eigenvalue weighted by molar-refractivity contribution is 0.623. The molecule has 5 heteroatoms. The van der Waals surface area contributed by atoms with Crippen molar-refractivity contribution in [2.75, 3.05) is 0 Å². The quantitative estimate of drug-likeness (QED) is 0.781. The highest BCUT2D eigenvalue weighted by Crippen LogP contribution is 2.29. The molecule has 0 spiro atoms. The second-order valence-electron chi connectivity index (χ2n) is 4.27. The van der Waals surface area contributed by atoms with Crippen LogP contribution in [0.5, 0.6) is 0 Å². The Morgan fingerprint density at radius 2 is 2.05 bits per heavy atom. The van der Waals surface area contributed by atoms with E-state index in [0.29, 0.717) is 10.6 Å². The van der Waals surface area contributed by atoms with Crippen LogP contribution in [0.4, 0.5) is 4.39 Å². The Labute approximate surface area is 114 Å². The average molecular weight is 276 g/mol. The topological polar surface area (TPSA) is 43.3 Å². The Kier molecular flexibility index (Phi) is 2.97. The molecule has 1 aromatic carbocycles. The van der Waals surface area contributed by atoms with Gasteiger partial charge in [-0.2, -0.15) is 5.10 Å². The largest absolute Gasteiger partial charge is 0.320 e. The van der Waals surface area contributed by atoms with Crippen molar-refractivity contribution >= 4 is 17.1 Å². The summed E-state index contributed by atoms with van der Waals surface area (Å²) in [6, 6.07) is 9.37. The Balaban J connectivity index is 2.13. The number of benzene rings is 1. The number of aromatic nitrogens is 2. The lowest BCUT2D eigenvalue weighted by atomic mass is 10.0. The summed E-state index contributed by atoms with van der Waals surface area (Å²) in [5, 5.41) is 4.67. The van der Waals surface area contributed by atoms with Crippen LogP contribution in [-0.4, -0.2) is 9.61 Å². The SMILES string of the molecule is NC(c1cc(F)ccc1Cl)c1cnn2ccccc12. The van der Waals surface area contributed by atoms with Crippen LogP contribution in [0.15, 0.2) is 48.8 Å². The minimum atomic E-state index is -0.511. The second-order valence-corrected chi connectivity index (χ2v) is 4.68. The van der Waals surface area contributed by atoms with Gasteiger partial charge in [0.05, 0.1) is 17.8 Å². The molecule has 1 unspecified atom stereocenters. The fourth-order valence-corrected chi connectivity index (χ4v) is 2.35. The zero-order chi connectivity index (χ0) is 13.4. The molecule has 19 heavy (non-hydrogen) atoms. The Morgan fingerprint density at radius 3 is 2.89 bits per heavy atom. The first-order chi connectivity index (χ1) is 9.16. The lowest BCUT2D eigenvalue weighted by Gasteiger charge is -2.12. The fourth-order valence-electron chi connectivity index (χ4n) is 2.11. The molecule has 0 aliphatic carbocycles. The predicted molar refractivity (Wildman–Crippen MR) is 72.6 cm³/mol. The van der Waals surface area contributed by atoms with Gasteiger partial charge in [-0.1, -0.05) is 17.7 Å². The summed E-state index contributed by atoms with van der Waals surface area (Å²) in [6.45, 7) is 0. The van der Waals surface area contributed by atoms with E-state index in [2.05, 4.69) is 5.10 Å². The van der Waals surface area contributed by atoms with Gasteiger partial charge in [0.25, 0.3) is 0 Å². The fraction of sp³-hybridized carbons (Fsp3) is 0.0714. The summed E-state index contributed by atoms with van der Waals surface area (Å²) in [5.41, 5.74) is 8.45. The van der Waals surface area contributed by atoms with Gasteiger partial charge in [0, 0.05) is 16.8 Å². The Hall–Kier alpha value is -1.91. The highest BCUT2D eigenvalue weighted by molar-refractivity contribution is 6.31. The molecule has 0 aliphatic heterocycles. The number of hydrogen-bond donors (Lipinski definition) is 1. The van der Waals surface area contributed by atoms with Crippen LogP contribution >= 0.6 is 11.6 Å². The molecule has 0 aliphatic rings. The third-order valence-electron chi connectivity index (χ3n) is 3.08. The average Bonchev–Trinajstić information content (AvgIpc) is 2.84. The van der Waals surface area contributed by atoms with Gasteiger partial charge < -0.3 is 5.73 Å². The number of fused-ring (bicyclic) bond motifs is 1. The maximum atomic E-state index is 13.3. The van der Waals surface area contributed by atoms with E-state index >= 15 is 0 Å². The molecule has 0 saturated carbocycles. The van der Waals surface area contributed by atoms with Gasteiger partial charge in [-0.05, 0) is 35.9 Å². The van der Waals surface area contributed by atoms with Crippen molar-refractivity contribution in [3.05, 3.63) is 70.8 Å². The van der Waals surface area contributed by atoms with Gasteiger partial charge in [-0.3, -0.25) is 0 Å². The van der Waals surface area contributed by atoms with Crippen molar-refractivity contribution in [1.29, 1.82) is 0 Å². The molecule has 0 radical (unpaired) electrons. The van der Waals surface area contributed by atoms with Crippen molar-refractivity contribution in [3.63, 3.8) is 0 Å². The third-order valence-corrected chi connectivity index (χ3v) is 3.43. The predicted octanol–water partition coefficient (Wildman–Crippen LogP) is 3.17. The highest BCUT2D eigenvalue weighted by atomic mass is 35.5. The number of nitrogens with two attached hydrogens (primary N) is 1. The smallest absolute Gasteiger partial charge is 0.123 e. The maximum absolute atomic E-state index is 13.3. The van der Waals surface area contributed by atoms with Gasteiger partial charge in [0.1, 0.15) is 5.82 Å². The van der Waals surface area contributed by atoms with Crippen molar-refractivity contribution in [1.82, 2.24) is 9.61 Å². The minimum Gasteiger partial charge on any atom is -0.320 e. The van der Waals surface area contributed by atoms with Crippen molar-refractivity contribution in [2.45, 2.75) is 6.04 Å². The number of halogens is 2. The maximum Gasteiger partial charge on any atom is 0.123 e. The molecular weight excluding hydrogens is 265 g/mol. The summed E-state index contributed by atoms with van der Waals surface area (Å²) < 4.78 is 15.1. The number of pyridine rings is 1. The molecule has 0 amide bonds. The zero-order valence-electron chi connectivity index (χ0n) is 9.92. The summed E-state index contributed by atoms with van der Waals surface area (Å²) in [6.07, 6.45) is 3.51. The van der Waals surface area contributed by atoms with Crippen LogP contribution in [-0.2, 0) is 0 Å². The standard InChI is InChI=1S/C14H11ClFN3/c15-12-5-4-9(16)7-10(12)14(17)11-8-18-19-6-2-1-3-13(11)19/h1-8,14H,17H2. The van der Waals surface area contributed by atoms with E-state index in [9.17, 15) is 4.39 Å². The van der Waals surface area contributed by atoms with Crippen LogP contribution in [0.2, 0.25) is 5.02 Å². The summed E-state index contributed by atoms with van der Waals surface area (Å²) in [7, 11) is 0. The van der Waals surface area contributed by atoms with Crippen LogP contribution in [0.25, 0.3) is 5.52 Å². The molecule has 3 nitrogen and oxygen atoms in total. The molecule has 2 aromatic heterocycles. The van der Waals surface area contributed by atoms with E-state index in [1.54, 1.807) is 10.7 Å². The van der Waals surface area contributed by atoms with Gasteiger partial charge in [-0.15, -0.1) is 0 Å². The first kappa shape index (κ1) is 12.1. The Bertz CT molecular complexity index is 738. The molecule has 3 aromatic rings. The van der Waals surface area contributed by atoms with E-state index < -0.39 is 6.04 Å². The van der Waals surface area contributed by atoms with E-state index in [0.717, 1.165) is 11.1 Å². The van der Waals surface area contributed by atoms with E-state index in [-0.39, 0.29) is 5.82 Å². The summed E-state index contributed by atoms with van der Waals surface area (Å²) in [4.78, 5) is 0. The Morgan fingerprint density at radius 1 is 1.21 bits per heavy atom. The van der Waals surface area contributed by atoms with Crippen LogP contribution in [0.3, 0.4) is 0 Å². The highest BCUT2D eigenvalue weighted by Gasteiger charge is 2.17. The molecule has 0 fully saturated rings. The number of hydrogen-bond acceptors (Lipinski definition) is 2. The summed E-state index contributed by atoms with van der Waals surface area (Å²) >= 11 is 6.09. The third kappa shape index (κ3) is 2.09. The minimum absolute atomic E-state index is 0.355. The van der Waals surface area contributed by atoms with E-state index in [1.807, 2.05) is 24.4 Å². The number of rotatable bonds is 2. The molecule has 3 rings (SSSR count). The van der Waals surface area contributed by atoms with E-state index in [4.69, 9.17) is 17.3 Å². The molecule has 2 N–H and O–H groups in total. The summed E-state index contributed by atoms with van der Waals surface area (Å²) in [5.74, 6) is -0.355. The monoisotopic (exact) mass is 275 g/mol. The first-order valence-electron chi connectivity index (χ1n) is 5.79. The van der Waals surface area contributed by atoms with Crippen LogP contribution < -0.4 is 5.73 Å². The first-order valence-corrected chi connectivity index (χ1v) is 6.17. The van der Waals surface area contributed by atoms with Crippen molar-refractivity contribution in [2.24, 2.45) is 5.73 Å². The van der Waals surface area contributed by atoms with Gasteiger partial charge >= 0.3 is 0 Å². The normalized spacial score (nSPS) is 12.8. The molecule has 96 valence electrons. The number of nitrogens with zero attached hydrogens (tertiary/aromatic N) is 2. The molecule has 1 atom stereocenters. The van der Waals surface area contributed by atoms with Crippen molar-refractivity contribution < 1.29 is 4.39 Å². The van der Waals surface area contributed by atoms with Crippen LogP contribution in [0, 0.1) is 5.82 Å². The van der Waals surface area contributed by atoms with Gasteiger partial charge in [-0.25, -0.2) is 8.91 Å². The van der Waals surface area contributed by atoms with Gasteiger partial charge in [0.2, 0.25) is 0 Å². The molecular formula is C14H11ClFN3. The molecule has 0 bridgehead atoms. The molecule has 2 heterocycles. The molecule has 0 saturated heterocycles. The van der Waals surface area contributed by atoms with Crippen LogP contribution in [0.1, 0.15) is 17.2 Å². The lowest BCUT2D eigenvalue weighted by Crippen LogP contribution is -2.12. The van der Waals surface area contributed by atoms with Gasteiger partial charge in [0.15, 0.2) is 0 Å². The second kappa shape index (κ2) is 4.64. The van der Waals surface area contributed by atoms with Crippen molar-refractivity contribution in [3.8, 4) is 0 Å².